The summed E-state index contributed by atoms with van der Waals surface area (Å²) < 4.78 is 0. The van der Waals surface area contributed by atoms with E-state index in [1.165, 1.54) is 12.1 Å². The lowest BCUT2D eigenvalue weighted by atomic mass is 10.2. The number of rotatable bonds is 6. The van der Waals surface area contributed by atoms with Crippen molar-refractivity contribution in [1.29, 1.82) is 0 Å². The molecule has 0 saturated heterocycles. The van der Waals surface area contributed by atoms with Gasteiger partial charge in [0.25, 0.3) is 5.69 Å². The largest absolute Gasteiger partial charge is 0.299 e. The van der Waals surface area contributed by atoms with Crippen molar-refractivity contribution in [3.63, 3.8) is 0 Å². The average molecular weight is 236 g/mol. The van der Waals surface area contributed by atoms with Gasteiger partial charge in [-0.3, -0.25) is 19.8 Å². The Hall–Kier alpha value is -1.75. The van der Waals surface area contributed by atoms with Crippen LogP contribution < -0.4 is 0 Å². The molecule has 5 nitrogen and oxygen atoms in total. The Labute approximate surface area is 100 Å². The SMILES string of the molecule is CCN(CC(C)=O)Cc1ccc([N+](=O)[O-])cc1. The van der Waals surface area contributed by atoms with Crippen LogP contribution in [0.5, 0.6) is 0 Å². The molecule has 0 saturated carbocycles. The van der Waals surface area contributed by atoms with E-state index in [0.717, 1.165) is 12.1 Å². The van der Waals surface area contributed by atoms with Crippen LogP contribution >= 0.6 is 0 Å². The minimum absolute atomic E-state index is 0.0865. The molecule has 17 heavy (non-hydrogen) atoms. The summed E-state index contributed by atoms with van der Waals surface area (Å²) in [5.41, 5.74) is 1.06. The quantitative estimate of drug-likeness (QED) is 0.560. The highest BCUT2D eigenvalue weighted by Gasteiger charge is 2.08. The average Bonchev–Trinajstić information content (AvgIpc) is 2.28. The summed E-state index contributed by atoms with van der Waals surface area (Å²) >= 11 is 0. The lowest BCUT2D eigenvalue weighted by Crippen LogP contribution is -2.27. The van der Waals surface area contributed by atoms with E-state index >= 15 is 0 Å². The Bertz CT molecular complexity index is 401. The second-order valence-electron chi connectivity index (χ2n) is 3.93. The summed E-state index contributed by atoms with van der Waals surface area (Å²) in [4.78, 5) is 23.1. The highest BCUT2D eigenvalue weighted by atomic mass is 16.6. The normalized spacial score (nSPS) is 10.5. The third kappa shape index (κ3) is 4.32. The van der Waals surface area contributed by atoms with Gasteiger partial charge in [0, 0.05) is 18.7 Å². The Morgan fingerprint density at radius 3 is 2.35 bits per heavy atom. The van der Waals surface area contributed by atoms with Crippen molar-refractivity contribution in [2.24, 2.45) is 0 Å². The zero-order chi connectivity index (χ0) is 12.8. The van der Waals surface area contributed by atoms with Gasteiger partial charge in [0.15, 0.2) is 0 Å². The van der Waals surface area contributed by atoms with Crippen LogP contribution in [0.3, 0.4) is 0 Å². The Balaban J connectivity index is 2.67. The third-order valence-corrected chi connectivity index (χ3v) is 2.45. The number of benzene rings is 1. The molecule has 1 aromatic carbocycles. The van der Waals surface area contributed by atoms with E-state index in [4.69, 9.17) is 0 Å². The van der Waals surface area contributed by atoms with E-state index in [0.29, 0.717) is 13.1 Å². The zero-order valence-electron chi connectivity index (χ0n) is 10.0. The number of likely N-dealkylation sites (N-methyl/N-ethyl adjacent to an activating group) is 1. The molecule has 5 heteroatoms. The number of hydrogen-bond donors (Lipinski definition) is 0. The van der Waals surface area contributed by atoms with E-state index in [2.05, 4.69) is 0 Å². The maximum absolute atomic E-state index is 11.0. The van der Waals surface area contributed by atoms with Crippen LogP contribution in [0.15, 0.2) is 24.3 Å². The Kier molecular flexibility index (Phi) is 4.78. The summed E-state index contributed by atoms with van der Waals surface area (Å²) in [6.45, 7) is 5.35. The lowest BCUT2D eigenvalue weighted by molar-refractivity contribution is -0.384. The predicted molar refractivity (Wildman–Crippen MR) is 64.7 cm³/mol. The fourth-order valence-electron chi connectivity index (χ4n) is 1.58. The van der Waals surface area contributed by atoms with Crippen LogP contribution in [0.1, 0.15) is 19.4 Å². The summed E-state index contributed by atoms with van der Waals surface area (Å²) in [5, 5.41) is 10.5. The number of carbonyl (C=O) groups is 1. The summed E-state index contributed by atoms with van der Waals surface area (Å²) in [6, 6.07) is 6.41. The van der Waals surface area contributed by atoms with Crippen molar-refractivity contribution in [2.45, 2.75) is 20.4 Å². The van der Waals surface area contributed by atoms with Crippen LogP contribution in [-0.2, 0) is 11.3 Å². The molecule has 0 radical (unpaired) electrons. The second-order valence-corrected chi connectivity index (χ2v) is 3.93. The first-order valence-corrected chi connectivity index (χ1v) is 5.48. The van der Waals surface area contributed by atoms with Gasteiger partial charge in [-0.1, -0.05) is 19.1 Å². The topological polar surface area (TPSA) is 63.5 Å². The molecule has 0 aliphatic carbocycles. The van der Waals surface area contributed by atoms with Gasteiger partial charge in [-0.2, -0.15) is 0 Å². The highest BCUT2D eigenvalue weighted by Crippen LogP contribution is 2.13. The van der Waals surface area contributed by atoms with Gasteiger partial charge in [-0.05, 0) is 19.0 Å². The van der Waals surface area contributed by atoms with Crippen molar-refractivity contribution in [3.8, 4) is 0 Å². The van der Waals surface area contributed by atoms with Crippen molar-refractivity contribution >= 4 is 11.5 Å². The molecular formula is C12H16N2O3. The van der Waals surface area contributed by atoms with Crippen molar-refractivity contribution in [1.82, 2.24) is 4.90 Å². The van der Waals surface area contributed by atoms with Crippen LogP contribution in [0, 0.1) is 10.1 Å². The maximum atomic E-state index is 11.0. The summed E-state index contributed by atoms with van der Waals surface area (Å²) in [6.07, 6.45) is 0. The number of carbonyl (C=O) groups excluding carboxylic acids is 1. The molecule has 0 aromatic heterocycles. The number of hydrogen-bond acceptors (Lipinski definition) is 4. The number of non-ortho nitro benzene ring substituents is 1. The summed E-state index contributed by atoms with van der Waals surface area (Å²) in [7, 11) is 0. The van der Waals surface area contributed by atoms with E-state index in [1.54, 1.807) is 19.1 Å². The molecule has 1 rings (SSSR count). The fourth-order valence-corrected chi connectivity index (χ4v) is 1.58. The number of nitrogens with zero attached hydrogens (tertiary/aromatic N) is 2. The molecule has 0 atom stereocenters. The van der Waals surface area contributed by atoms with Gasteiger partial charge < -0.3 is 0 Å². The van der Waals surface area contributed by atoms with Gasteiger partial charge in [0.2, 0.25) is 0 Å². The first kappa shape index (κ1) is 13.3. The fraction of sp³-hybridized carbons (Fsp3) is 0.417. The number of nitro groups is 1. The zero-order valence-corrected chi connectivity index (χ0v) is 10.0. The van der Waals surface area contributed by atoms with Crippen LogP contribution in [0.25, 0.3) is 0 Å². The molecule has 1 aromatic rings. The van der Waals surface area contributed by atoms with E-state index < -0.39 is 4.92 Å². The van der Waals surface area contributed by atoms with Crippen LogP contribution in [-0.4, -0.2) is 28.7 Å². The Morgan fingerprint density at radius 2 is 1.94 bits per heavy atom. The van der Waals surface area contributed by atoms with Gasteiger partial charge in [0.05, 0.1) is 11.5 Å². The van der Waals surface area contributed by atoms with Crippen molar-refractivity contribution in [2.75, 3.05) is 13.1 Å². The minimum Gasteiger partial charge on any atom is -0.299 e. The molecule has 0 heterocycles. The maximum Gasteiger partial charge on any atom is 0.269 e. The van der Waals surface area contributed by atoms with Gasteiger partial charge in [-0.25, -0.2) is 0 Å². The molecule has 0 amide bonds. The molecule has 0 fully saturated rings. The van der Waals surface area contributed by atoms with Gasteiger partial charge >= 0.3 is 0 Å². The number of Topliss-reactive ketones (excluding diaryl/α,β-unsaturated/α-hetero) is 1. The second kappa shape index (κ2) is 6.10. The standard InChI is InChI=1S/C12H16N2O3/c1-3-13(8-10(2)15)9-11-4-6-12(7-5-11)14(16)17/h4-7H,3,8-9H2,1-2H3. The summed E-state index contributed by atoms with van der Waals surface area (Å²) in [5.74, 6) is 0.119. The lowest BCUT2D eigenvalue weighted by Gasteiger charge is -2.18. The Morgan fingerprint density at radius 1 is 1.35 bits per heavy atom. The van der Waals surface area contributed by atoms with E-state index in [-0.39, 0.29) is 11.5 Å². The third-order valence-electron chi connectivity index (χ3n) is 2.45. The van der Waals surface area contributed by atoms with Crippen LogP contribution in [0.4, 0.5) is 5.69 Å². The van der Waals surface area contributed by atoms with E-state index in [9.17, 15) is 14.9 Å². The minimum atomic E-state index is -0.420. The molecular weight excluding hydrogens is 220 g/mol. The van der Waals surface area contributed by atoms with Gasteiger partial charge in [0.1, 0.15) is 5.78 Å². The highest BCUT2D eigenvalue weighted by molar-refractivity contribution is 5.77. The molecule has 0 aliphatic heterocycles. The van der Waals surface area contributed by atoms with Crippen LogP contribution in [0.2, 0.25) is 0 Å². The first-order chi connectivity index (χ1) is 8.02. The van der Waals surface area contributed by atoms with Gasteiger partial charge in [-0.15, -0.1) is 0 Å². The molecule has 0 unspecified atom stereocenters. The molecule has 0 N–H and O–H groups in total. The van der Waals surface area contributed by atoms with Crippen molar-refractivity contribution in [3.05, 3.63) is 39.9 Å². The predicted octanol–water partition coefficient (Wildman–Crippen LogP) is 2.01. The van der Waals surface area contributed by atoms with E-state index in [1.807, 2.05) is 11.8 Å². The molecule has 0 bridgehead atoms. The van der Waals surface area contributed by atoms with Crippen molar-refractivity contribution < 1.29 is 9.72 Å². The first-order valence-electron chi connectivity index (χ1n) is 5.48. The molecule has 0 spiro atoms. The monoisotopic (exact) mass is 236 g/mol. The molecule has 0 aliphatic rings. The smallest absolute Gasteiger partial charge is 0.269 e. The number of ketones is 1. The molecule has 92 valence electrons. The number of nitro benzene ring substituents is 1.